The van der Waals surface area contributed by atoms with Gasteiger partial charge in [-0.15, -0.1) is 0 Å². The molecule has 230 valence electrons. The van der Waals surface area contributed by atoms with Crippen molar-refractivity contribution in [3.05, 3.63) is 59.2 Å². The molecule has 42 heavy (non-hydrogen) atoms. The van der Waals surface area contributed by atoms with Crippen molar-refractivity contribution >= 4 is 17.7 Å². The Morgan fingerprint density at radius 1 is 1.07 bits per heavy atom. The van der Waals surface area contributed by atoms with E-state index in [0.29, 0.717) is 41.8 Å². The van der Waals surface area contributed by atoms with E-state index in [9.17, 15) is 15.0 Å². The molecule has 6 atom stereocenters. The number of nitrogens with zero attached hydrogens (tertiary/aromatic N) is 1. The van der Waals surface area contributed by atoms with E-state index in [1.54, 1.807) is 11.8 Å². The molecule has 5 rings (SSSR count). The van der Waals surface area contributed by atoms with E-state index in [1.807, 2.05) is 24.1 Å². The first kappa shape index (κ1) is 31.3. The van der Waals surface area contributed by atoms with E-state index in [2.05, 4.69) is 44.2 Å². The number of phenolic OH excluding ortho intramolecular Hbond substituents is 1. The first-order valence-corrected chi connectivity index (χ1v) is 17.5. The van der Waals surface area contributed by atoms with Gasteiger partial charge in [0, 0.05) is 13.6 Å². The fraction of sp³-hybridized carbons (Fsp3) is 0.639. The third-order valence-electron chi connectivity index (χ3n) is 10.7. The molecule has 0 aromatic heterocycles. The van der Waals surface area contributed by atoms with Gasteiger partial charge in [0.25, 0.3) is 0 Å². The summed E-state index contributed by atoms with van der Waals surface area (Å²) in [5.41, 5.74) is 4.01. The molecular formula is C36H51NO4S. The highest BCUT2D eigenvalue weighted by atomic mass is 32.2. The van der Waals surface area contributed by atoms with Crippen molar-refractivity contribution < 1.29 is 19.7 Å². The number of rotatable bonds is 13. The molecule has 0 bridgehead atoms. The number of unbranched alkanes of at least 4 members (excludes halogenated alkanes) is 3. The number of aromatic hydroxyl groups is 1. The van der Waals surface area contributed by atoms with Gasteiger partial charge in [-0.3, -0.25) is 4.79 Å². The van der Waals surface area contributed by atoms with Crippen LogP contribution >= 0.6 is 11.8 Å². The molecule has 3 aliphatic carbocycles. The molecule has 6 heteroatoms. The van der Waals surface area contributed by atoms with Crippen molar-refractivity contribution in [3.8, 4) is 11.5 Å². The summed E-state index contributed by atoms with van der Waals surface area (Å²) in [7, 11) is 1.91. The van der Waals surface area contributed by atoms with Crippen LogP contribution in [-0.2, 0) is 11.2 Å². The number of carbonyl (C=O) groups excluding carboxylic acids is 1. The van der Waals surface area contributed by atoms with E-state index in [4.69, 9.17) is 4.74 Å². The molecule has 5 nitrogen and oxygen atoms in total. The molecule has 2 fully saturated rings. The van der Waals surface area contributed by atoms with Gasteiger partial charge in [0.1, 0.15) is 11.5 Å². The number of phenols is 1. The number of hydrogen-bond acceptors (Lipinski definition) is 5. The fourth-order valence-electron chi connectivity index (χ4n) is 8.27. The highest BCUT2D eigenvalue weighted by Crippen LogP contribution is 2.65. The van der Waals surface area contributed by atoms with E-state index < -0.39 is 0 Å². The highest BCUT2D eigenvalue weighted by Gasteiger charge is 2.57. The molecule has 0 aliphatic heterocycles. The largest absolute Gasteiger partial charge is 0.508 e. The van der Waals surface area contributed by atoms with E-state index in [0.717, 1.165) is 82.3 Å². The first-order valence-electron chi connectivity index (χ1n) is 16.4. The SMILES string of the molecule is CCCCN(C)C(=O)CSCCCCCOc1ccc(C2C[C@]3(C)C(O)CC[C@H]3[C@@H]3CCc4cc(O)ccc4[C@@H]23)cc1. The zero-order valence-corrected chi connectivity index (χ0v) is 26.7. The first-order chi connectivity index (χ1) is 20.3. The average Bonchev–Trinajstić information content (AvgIpc) is 3.30. The van der Waals surface area contributed by atoms with Crippen LogP contribution < -0.4 is 4.74 Å². The third kappa shape index (κ3) is 6.80. The van der Waals surface area contributed by atoms with Crippen molar-refractivity contribution in [1.82, 2.24) is 4.90 Å². The Morgan fingerprint density at radius 2 is 1.88 bits per heavy atom. The van der Waals surface area contributed by atoms with E-state index >= 15 is 0 Å². The molecule has 0 spiro atoms. The molecule has 2 aromatic rings. The van der Waals surface area contributed by atoms with Crippen molar-refractivity contribution in [2.24, 2.45) is 17.3 Å². The number of aliphatic hydroxyl groups excluding tert-OH is 1. The molecule has 2 N–H and O–H groups in total. The number of amides is 1. The Balaban J connectivity index is 1.14. The van der Waals surface area contributed by atoms with Crippen LogP contribution in [0.3, 0.4) is 0 Å². The van der Waals surface area contributed by atoms with Crippen LogP contribution in [0.1, 0.15) is 100 Å². The molecular weight excluding hydrogens is 542 g/mol. The highest BCUT2D eigenvalue weighted by molar-refractivity contribution is 7.99. The minimum absolute atomic E-state index is 0.0357. The lowest BCUT2D eigenvalue weighted by atomic mass is 9.51. The number of ether oxygens (including phenoxy) is 1. The fourth-order valence-corrected chi connectivity index (χ4v) is 9.21. The second-order valence-electron chi connectivity index (χ2n) is 13.3. The molecule has 0 radical (unpaired) electrons. The van der Waals surface area contributed by atoms with Crippen LogP contribution in [0.15, 0.2) is 42.5 Å². The maximum Gasteiger partial charge on any atom is 0.232 e. The van der Waals surface area contributed by atoms with Gasteiger partial charge < -0.3 is 19.8 Å². The van der Waals surface area contributed by atoms with Gasteiger partial charge >= 0.3 is 0 Å². The topological polar surface area (TPSA) is 70.0 Å². The number of benzene rings is 2. The predicted molar refractivity (Wildman–Crippen MR) is 173 cm³/mol. The lowest BCUT2D eigenvalue weighted by molar-refractivity contribution is -0.127. The number of aryl methyl sites for hydroxylation is 1. The zero-order chi connectivity index (χ0) is 29.7. The third-order valence-corrected chi connectivity index (χ3v) is 11.7. The number of carbonyl (C=O) groups is 1. The predicted octanol–water partition coefficient (Wildman–Crippen LogP) is 7.54. The van der Waals surface area contributed by atoms with Crippen LogP contribution in [0.4, 0.5) is 0 Å². The van der Waals surface area contributed by atoms with Gasteiger partial charge in [0.15, 0.2) is 0 Å². The van der Waals surface area contributed by atoms with Gasteiger partial charge in [-0.2, -0.15) is 11.8 Å². The Hall–Kier alpha value is -2.18. The Labute approximate surface area is 257 Å². The van der Waals surface area contributed by atoms with Crippen molar-refractivity contribution in [2.45, 2.75) is 96.0 Å². The van der Waals surface area contributed by atoms with Gasteiger partial charge in [0.2, 0.25) is 5.91 Å². The number of aliphatic hydroxyl groups is 1. The summed E-state index contributed by atoms with van der Waals surface area (Å²) in [6, 6.07) is 14.8. The molecule has 2 unspecified atom stereocenters. The van der Waals surface area contributed by atoms with E-state index in [1.165, 1.54) is 16.7 Å². The van der Waals surface area contributed by atoms with Crippen LogP contribution in [-0.4, -0.2) is 58.8 Å². The monoisotopic (exact) mass is 593 g/mol. The second-order valence-corrected chi connectivity index (χ2v) is 14.4. The second kappa shape index (κ2) is 14.1. The zero-order valence-electron chi connectivity index (χ0n) is 25.9. The van der Waals surface area contributed by atoms with Crippen LogP contribution in [0.2, 0.25) is 0 Å². The van der Waals surface area contributed by atoms with Gasteiger partial charge in [-0.1, -0.05) is 38.5 Å². The Kier molecular flexibility index (Phi) is 10.5. The van der Waals surface area contributed by atoms with Gasteiger partial charge in [-0.05, 0) is 134 Å². The minimum Gasteiger partial charge on any atom is -0.508 e. The summed E-state index contributed by atoms with van der Waals surface area (Å²) in [6.07, 6.45) is 10.4. The number of fused-ring (bicyclic) bond motifs is 5. The summed E-state index contributed by atoms with van der Waals surface area (Å²) in [4.78, 5) is 14.0. The smallest absolute Gasteiger partial charge is 0.232 e. The summed E-state index contributed by atoms with van der Waals surface area (Å²) < 4.78 is 6.11. The Bertz CT molecular complexity index is 1190. The summed E-state index contributed by atoms with van der Waals surface area (Å²) in [5.74, 6) is 5.01. The summed E-state index contributed by atoms with van der Waals surface area (Å²) >= 11 is 1.74. The van der Waals surface area contributed by atoms with Gasteiger partial charge in [0.05, 0.1) is 18.5 Å². The molecule has 3 aliphatic rings. The molecule has 2 saturated carbocycles. The van der Waals surface area contributed by atoms with Crippen molar-refractivity contribution in [1.29, 1.82) is 0 Å². The maximum atomic E-state index is 12.1. The minimum atomic E-state index is -0.221. The average molecular weight is 594 g/mol. The van der Waals surface area contributed by atoms with Crippen molar-refractivity contribution in [2.75, 3.05) is 31.7 Å². The van der Waals surface area contributed by atoms with Gasteiger partial charge in [-0.25, -0.2) is 0 Å². The van der Waals surface area contributed by atoms with Crippen LogP contribution in [0, 0.1) is 17.3 Å². The molecule has 0 saturated heterocycles. The molecule has 0 heterocycles. The normalized spacial score (nSPS) is 28.0. The standard InChI is InChI=1S/C36H51NO4S/c1-4-5-19-37(3)34(40)24-42-21-8-6-7-20-41-28-13-9-25(10-14-28)31-23-36(2)32(17-18-33(36)39)30-15-11-26-22-27(38)12-16-29(26)35(30)31/h9-10,12-14,16,22,30-33,35,38-39H,4-8,11,15,17-21,23-24H2,1-3H3/t30-,31?,32-,33?,35+,36-/m0/s1. The summed E-state index contributed by atoms with van der Waals surface area (Å²) in [5, 5.41) is 21.3. The Morgan fingerprint density at radius 3 is 2.67 bits per heavy atom. The number of hydrogen-bond donors (Lipinski definition) is 2. The van der Waals surface area contributed by atoms with Crippen LogP contribution in [0.5, 0.6) is 11.5 Å². The maximum absolute atomic E-state index is 12.1. The molecule has 1 amide bonds. The van der Waals surface area contributed by atoms with E-state index in [-0.39, 0.29) is 17.4 Å². The van der Waals surface area contributed by atoms with Crippen molar-refractivity contribution in [3.63, 3.8) is 0 Å². The molecule has 2 aromatic carbocycles. The lowest BCUT2D eigenvalue weighted by Crippen LogP contribution is -2.47. The number of thioether (sulfide) groups is 1. The van der Waals surface area contributed by atoms with Crippen LogP contribution in [0.25, 0.3) is 0 Å². The summed E-state index contributed by atoms with van der Waals surface area (Å²) in [6.45, 7) is 6.06. The quantitative estimate of drug-likeness (QED) is 0.235. The lowest BCUT2D eigenvalue weighted by Gasteiger charge is -2.54.